The van der Waals surface area contributed by atoms with Crippen molar-refractivity contribution in [1.82, 2.24) is 4.90 Å². The van der Waals surface area contributed by atoms with Gasteiger partial charge in [-0.2, -0.15) is 0 Å². The molecule has 0 heterocycles. The fourth-order valence-electron chi connectivity index (χ4n) is 1.91. The molecule has 0 saturated carbocycles. The van der Waals surface area contributed by atoms with E-state index in [0.29, 0.717) is 26.3 Å². The largest absolute Gasteiger partial charge is 0.376 e. The van der Waals surface area contributed by atoms with Crippen LogP contribution in [-0.4, -0.2) is 30.6 Å². The molecule has 3 heteroatoms. The first-order valence-corrected chi connectivity index (χ1v) is 6.74. The third kappa shape index (κ3) is 5.02. The summed E-state index contributed by atoms with van der Waals surface area (Å²) in [7, 11) is 0. The Kier molecular flexibility index (Phi) is 6.74. The fourth-order valence-corrected chi connectivity index (χ4v) is 1.91. The number of amides is 1. The molecule has 0 atom stereocenters. The van der Waals surface area contributed by atoms with Crippen LogP contribution in [0.25, 0.3) is 0 Å². The van der Waals surface area contributed by atoms with E-state index in [9.17, 15) is 4.79 Å². The molecule has 0 radical (unpaired) electrons. The Morgan fingerprint density at radius 2 is 2.10 bits per heavy atom. The highest BCUT2D eigenvalue weighted by Crippen LogP contribution is 2.13. The van der Waals surface area contributed by atoms with Crippen LogP contribution in [0.4, 0.5) is 0 Å². The van der Waals surface area contributed by atoms with Crippen LogP contribution in [0.2, 0.25) is 0 Å². The summed E-state index contributed by atoms with van der Waals surface area (Å²) in [4.78, 5) is 13.7. The third-order valence-electron chi connectivity index (χ3n) is 3.09. The number of hydrogen-bond acceptors (Lipinski definition) is 2. The second-order valence-electron chi connectivity index (χ2n) is 4.76. The minimum Gasteiger partial charge on any atom is -0.376 e. The van der Waals surface area contributed by atoms with Gasteiger partial charge in [0.1, 0.15) is 0 Å². The van der Waals surface area contributed by atoms with E-state index < -0.39 is 0 Å². The summed E-state index contributed by atoms with van der Waals surface area (Å²) in [6, 6.07) is 6.27. The third-order valence-corrected chi connectivity index (χ3v) is 3.09. The van der Waals surface area contributed by atoms with Gasteiger partial charge < -0.3 is 9.64 Å². The van der Waals surface area contributed by atoms with Crippen LogP contribution in [0.1, 0.15) is 16.7 Å². The van der Waals surface area contributed by atoms with Gasteiger partial charge in [0.2, 0.25) is 5.91 Å². The fraction of sp³-hybridized carbons (Fsp3) is 0.353. The van der Waals surface area contributed by atoms with Gasteiger partial charge in [0.15, 0.2) is 0 Å². The second-order valence-corrected chi connectivity index (χ2v) is 4.76. The molecule has 20 heavy (non-hydrogen) atoms. The molecule has 0 aliphatic carbocycles. The molecule has 1 aromatic carbocycles. The molecule has 0 N–H and O–H groups in total. The lowest BCUT2D eigenvalue weighted by Crippen LogP contribution is -2.32. The smallest absolute Gasteiger partial charge is 0.246 e. The van der Waals surface area contributed by atoms with Gasteiger partial charge in [0.05, 0.1) is 13.2 Å². The molecule has 108 valence electrons. The molecule has 0 spiro atoms. The first kappa shape index (κ1) is 16.2. The molecule has 0 saturated heterocycles. The van der Waals surface area contributed by atoms with E-state index in [1.54, 1.807) is 11.0 Å². The Balaban J connectivity index is 2.73. The van der Waals surface area contributed by atoms with E-state index in [0.717, 1.165) is 5.56 Å². The highest BCUT2D eigenvalue weighted by molar-refractivity contribution is 5.87. The SMILES string of the molecule is C=CCOCCN(Cc1cc(C)ccc1C)C(=O)C=C. The van der Waals surface area contributed by atoms with Crippen LogP contribution < -0.4 is 0 Å². The van der Waals surface area contributed by atoms with E-state index in [4.69, 9.17) is 4.74 Å². The Hall–Kier alpha value is -1.87. The zero-order chi connectivity index (χ0) is 15.0. The molecule has 0 aliphatic rings. The number of carbonyl (C=O) groups excluding carboxylic acids is 1. The lowest BCUT2D eigenvalue weighted by molar-refractivity contribution is -0.127. The van der Waals surface area contributed by atoms with Crippen molar-refractivity contribution in [2.24, 2.45) is 0 Å². The quantitative estimate of drug-likeness (QED) is 0.414. The van der Waals surface area contributed by atoms with Gasteiger partial charge >= 0.3 is 0 Å². The molecule has 0 bridgehead atoms. The summed E-state index contributed by atoms with van der Waals surface area (Å²) in [5.74, 6) is -0.0758. The van der Waals surface area contributed by atoms with E-state index in [2.05, 4.69) is 45.2 Å². The number of nitrogens with zero attached hydrogens (tertiary/aromatic N) is 1. The van der Waals surface area contributed by atoms with Crippen LogP contribution in [0, 0.1) is 13.8 Å². The normalized spacial score (nSPS) is 10.1. The van der Waals surface area contributed by atoms with Crippen molar-refractivity contribution in [3.8, 4) is 0 Å². The molecule has 0 aromatic heterocycles. The summed E-state index contributed by atoms with van der Waals surface area (Å²) < 4.78 is 5.35. The Morgan fingerprint density at radius 3 is 2.75 bits per heavy atom. The molecule has 1 aromatic rings. The average Bonchev–Trinajstić information content (AvgIpc) is 2.45. The lowest BCUT2D eigenvalue weighted by atomic mass is 10.1. The maximum absolute atomic E-state index is 11.9. The van der Waals surface area contributed by atoms with Crippen LogP contribution in [-0.2, 0) is 16.1 Å². The highest BCUT2D eigenvalue weighted by atomic mass is 16.5. The van der Waals surface area contributed by atoms with E-state index in [1.807, 2.05) is 0 Å². The van der Waals surface area contributed by atoms with E-state index >= 15 is 0 Å². The van der Waals surface area contributed by atoms with Crippen molar-refractivity contribution in [2.75, 3.05) is 19.8 Å². The first-order chi connectivity index (χ1) is 9.58. The Bertz CT molecular complexity index is 480. The summed E-state index contributed by atoms with van der Waals surface area (Å²) in [6.45, 7) is 13.4. The van der Waals surface area contributed by atoms with E-state index in [-0.39, 0.29) is 5.91 Å². The lowest BCUT2D eigenvalue weighted by Gasteiger charge is -2.22. The van der Waals surface area contributed by atoms with Crippen LogP contribution in [0.5, 0.6) is 0 Å². The van der Waals surface area contributed by atoms with Crippen molar-refractivity contribution >= 4 is 5.91 Å². The molecule has 1 amide bonds. The maximum Gasteiger partial charge on any atom is 0.246 e. The van der Waals surface area contributed by atoms with E-state index in [1.165, 1.54) is 17.2 Å². The van der Waals surface area contributed by atoms with Crippen molar-refractivity contribution < 1.29 is 9.53 Å². The standard InChI is InChI=1S/C17H23NO2/c1-5-10-20-11-9-18(17(19)6-2)13-16-12-14(3)7-8-15(16)4/h5-8,12H,1-2,9-11,13H2,3-4H3. The van der Waals surface area contributed by atoms with Gasteiger partial charge in [0, 0.05) is 13.1 Å². The highest BCUT2D eigenvalue weighted by Gasteiger charge is 2.12. The van der Waals surface area contributed by atoms with Crippen molar-refractivity contribution in [2.45, 2.75) is 20.4 Å². The van der Waals surface area contributed by atoms with Crippen LogP contribution >= 0.6 is 0 Å². The molecule has 3 nitrogen and oxygen atoms in total. The molecular weight excluding hydrogens is 250 g/mol. The average molecular weight is 273 g/mol. The summed E-state index contributed by atoms with van der Waals surface area (Å²) in [6.07, 6.45) is 3.04. The summed E-state index contributed by atoms with van der Waals surface area (Å²) in [5.41, 5.74) is 3.54. The minimum atomic E-state index is -0.0758. The van der Waals surface area contributed by atoms with Crippen molar-refractivity contribution in [3.63, 3.8) is 0 Å². The van der Waals surface area contributed by atoms with Gasteiger partial charge in [-0.3, -0.25) is 4.79 Å². The number of ether oxygens (including phenoxy) is 1. The van der Waals surface area contributed by atoms with Crippen LogP contribution in [0.15, 0.2) is 43.5 Å². The van der Waals surface area contributed by atoms with Gasteiger partial charge in [-0.1, -0.05) is 36.4 Å². The predicted molar refractivity (Wildman–Crippen MR) is 82.5 cm³/mol. The van der Waals surface area contributed by atoms with Gasteiger partial charge in [0.25, 0.3) is 0 Å². The van der Waals surface area contributed by atoms with Crippen LogP contribution in [0.3, 0.4) is 0 Å². The molecule has 1 rings (SSSR count). The number of rotatable bonds is 8. The minimum absolute atomic E-state index is 0.0758. The Morgan fingerprint density at radius 1 is 1.35 bits per heavy atom. The topological polar surface area (TPSA) is 29.5 Å². The zero-order valence-electron chi connectivity index (χ0n) is 12.4. The van der Waals surface area contributed by atoms with Crippen molar-refractivity contribution in [3.05, 3.63) is 60.2 Å². The van der Waals surface area contributed by atoms with Gasteiger partial charge in [-0.25, -0.2) is 0 Å². The monoisotopic (exact) mass is 273 g/mol. The second kappa shape index (κ2) is 8.33. The van der Waals surface area contributed by atoms with Gasteiger partial charge in [-0.05, 0) is 31.1 Å². The summed E-state index contributed by atoms with van der Waals surface area (Å²) in [5, 5.41) is 0. The Labute approximate surface area is 121 Å². The van der Waals surface area contributed by atoms with Crippen molar-refractivity contribution in [1.29, 1.82) is 0 Å². The number of hydrogen-bond donors (Lipinski definition) is 0. The molecule has 0 unspecified atom stereocenters. The maximum atomic E-state index is 11.9. The number of carbonyl (C=O) groups is 1. The summed E-state index contributed by atoms with van der Waals surface area (Å²) >= 11 is 0. The first-order valence-electron chi connectivity index (χ1n) is 6.74. The predicted octanol–water partition coefficient (Wildman–Crippen LogP) is 3.02. The van der Waals surface area contributed by atoms with Gasteiger partial charge in [-0.15, -0.1) is 6.58 Å². The number of benzene rings is 1. The molecule has 0 fully saturated rings. The molecular formula is C17H23NO2. The zero-order valence-corrected chi connectivity index (χ0v) is 12.4. The number of aryl methyl sites for hydroxylation is 2. The molecule has 0 aliphatic heterocycles.